The number of aryl methyl sites for hydroxylation is 1. The van der Waals surface area contributed by atoms with Crippen LogP contribution < -0.4 is 0 Å². The van der Waals surface area contributed by atoms with Crippen molar-refractivity contribution < 1.29 is 4.68 Å². The molecule has 1 aliphatic rings. The minimum atomic E-state index is 0.0743. The Hall–Kier alpha value is -2.09. The van der Waals surface area contributed by atoms with Crippen molar-refractivity contribution in [3.63, 3.8) is 0 Å². The molecule has 1 atom stereocenters. The Morgan fingerprint density at radius 1 is 1.38 bits per heavy atom. The maximum atomic E-state index is 8.72. The third-order valence-electron chi connectivity index (χ3n) is 2.56. The lowest BCUT2D eigenvalue weighted by atomic mass is 9.98. The quantitative estimate of drug-likeness (QED) is 0.651. The van der Waals surface area contributed by atoms with Gasteiger partial charge in [0.05, 0.1) is 5.69 Å². The second-order valence-electron chi connectivity index (χ2n) is 3.85. The molecule has 16 heavy (non-hydrogen) atoms. The van der Waals surface area contributed by atoms with Crippen LogP contribution in [0.15, 0.2) is 11.2 Å². The van der Waals surface area contributed by atoms with Gasteiger partial charge in [0, 0.05) is 0 Å². The molecule has 0 fully saturated rings. The summed E-state index contributed by atoms with van der Waals surface area (Å²) in [5.41, 5.74) is 3.18. The van der Waals surface area contributed by atoms with E-state index >= 15 is 0 Å². The van der Waals surface area contributed by atoms with Crippen LogP contribution in [0.2, 0.25) is 0 Å². The Balaban J connectivity index is 2.44. The molecule has 2 heterocycles. The number of hydrazone groups is 1. The minimum Gasteiger partial charge on any atom is -0.191 e. The molecule has 1 aromatic heterocycles. The van der Waals surface area contributed by atoms with Crippen LogP contribution in [0, 0.1) is 18.3 Å². The molecule has 0 spiro atoms. The molecule has 0 radical (unpaired) electrons. The predicted octanol–water partition coefficient (Wildman–Crippen LogP) is 0.843. The third kappa shape index (κ3) is 1.70. The largest absolute Gasteiger partial charge is 0.191 e. The zero-order valence-corrected chi connectivity index (χ0v) is 9.47. The molecule has 2 rings (SSSR count). The van der Waals surface area contributed by atoms with Crippen LogP contribution in [0.5, 0.6) is 0 Å². The number of rotatable bonds is 1. The van der Waals surface area contributed by atoms with E-state index in [4.69, 9.17) is 5.26 Å². The summed E-state index contributed by atoms with van der Waals surface area (Å²) in [7, 11) is 1.88. The third-order valence-corrected chi connectivity index (χ3v) is 2.56. The molecule has 0 saturated heterocycles. The second kappa shape index (κ2) is 3.81. The van der Waals surface area contributed by atoms with Gasteiger partial charge < -0.3 is 0 Å². The van der Waals surface area contributed by atoms with Gasteiger partial charge in [-0.1, -0.05) is 4.68 Å². The van der Waals surface area contributed by atoms with E-state index in [1.54, 1.807) is 10.8 Å². The Kier molecular flexibility index (Phi) is 2.49. The lowest BCUT2D eigenvalue weighted by molar-refractivity contribution is -0.495. The molecule has 0 bridgehead atoms. The first-order chi connectivity index (χ1) is 7.61. The normalized spacial score (nSPS) is 19.0. The van der Waals surface area contributed by atoms with E-state index in [0.717, 1.165) is 17.0 Å². The maximum Gasteiger partial charge on any atom is 0.187 e. The van der Waals surface area contributed by atoms with Crippen molar-refractivity contribution in [1.29, 1.82) is 5.26 Å². The van der Waals surface area contributed by atoms with E-state index in [0.29, 0.717) is 5.69 Å². The average molecular weight is 214 g/mol. The molecule has 1 aromatic rings. The van der Waals surface area contributed by atoms with Gasteiger partial charge in [0.1, 0.15) is 17.7 Å². The highest BCUT2D eigenvalue weighted by molar-refractivity contribution is 6.02. The molecule has 0 amide bonds. The Morgan fingerprint density at radius 2 is 2.12 bits per heavy atom. The van der Waals surface area contributed by atoms with E-state index in [1.807, 2.05) is 33.2 Å². The summed E-state index contributed by atoms with van der Waals surface area (Å²) in [6.45, 7) is 3.90. The van der Waals surface area contributed by atoms with Crippen molar-refractivity contribution in [2.24, 2.45) is 5.10 Å². The smallest absolute Gasteiger partial charge is 0.187 e. The lowest BCUT2D eigenvalue weighted by Gasteiger charge is -2.05. The highest BCUT2D eigenvalue weighted by Gasteiger charge is 2.27. The summed E-state index contributed by atoms with van der Waals surface area (Å²) < 4.78 is 1.78. The van der Waals surface area contributed by atoms with Crippen LogP contribution in [0.1, 0.15) is 29.8 Å². The molecule has 0 saturated carbocycles. The van der Waals surface area contributed by atoms with E-state index < -0.39 is 0 Å². The van der Waals surface area contributed by atoms with Crippen molar-refractivity contribution in [3.8, 4) is 6.07 Å². The Labute approximate surface area is 93.8 Å². The zero-order valence-electron chi connectivity index (χ0n) is 9.47. The summed E-state index contributed by atoms with van der Waals surface area (Å²) in [6, 6.07) is 3.73. The summed E-state index contributed by atoms with van der Waals surface area (Å²) in [6.07, 6.45) is 1.98. The van der Waals surface area contributed by atoms with Crippen LogP contribution in [-0.4, -0.2) is 33.9 Å². The summed E-state index contributed by atoms with van der Waals surface area (Å²) in [4.78, 5) is 0. The second-order valence-corrected chi connectivity index (χ2v) is 3.85. The van der Waals surface area contributed by atoms with Crippen molar-refractivity contribution in [2.45, 2.75) is 19.8 Å². The van der Waals surface area contributed by atoms with E-state index in [1.165, 1.54) is 0 Å². The molecule has 0 aliphatic carbocycles. The van der Waals surface area contributed by atoms with Gasteiger partial charge >= 0.3 is 0 Å². The standard InChI is InChI=1S/C11H12N5/c1-7-4-9(5-12)13-14-11(7)10-6-16(3)15-8(10)2/h4,6,10H,1-3H3/q+1. The summed E-state index contributed by atoms with van der Waals surface area (Å²) in [5, 5.41) is 21.0. The first kappa shape index (κ1) is 10.4. The van der Waals surface area contributed by atoms with Crippen LogP contribution in [0.25, 0.3) is 0 Å². The Bertz CT molecular complexity index is 536. The number of hydrogen-bond donors (Lipinski definition) is 0. The minimum absolute atomic E-state index is 0.0743. The zero-order chi connectivity index (χ0) is 11.7. The monoisotopic (exact) mass is 214 g/mol. The molecule has 0 N–H and O–H groups in total. The van der Waals surface area contributed by atoms with Crippen molar-refractivity contribution in [1.82, 2.24) is 10.2 Å². The van der Waals surface area contributed by atoms with Gasteiger partial charge in [-0.25, -0.2) is 0 Å². The van der Waals surface area contributed by atoms with E-state index in [-0.39, 0.29) is 5.92 Å². The topological polar surface area (TPSA) is 64.9 Å². The fourth-order valence-corrected chi connectivity index (χ4v) is 1.79. The van der Waals surface area contributed by atoms with Gasteiger partial charge in [0.15, 0.2) is 19.0 Å². The van der Waals surface area contributed by atoms with Gasteiger partial charge in [0.25, 0.3) is 0 Å². The van der Waals surface area contributed by atoms with E-state index in [9.17, 15) is 0 Å². The number of hydrogen-bond acceptors (Lipinski definition) is 4. The lowest BCUT2D eigenvalue weighted by Crippen LogP contribution is -2.12. The summed E-state index contributed by atoms with van der Waals surface area (Å²) in [5.74, 6) is 0.0743. The number of nitriles is 1. The average Bonchev–Trinajstić information content (AvgIpc) is 2.57. The van der Waals surface area contributed by atoms with Crippen molar-refractivity contribution >= 4 is 11.9 Å². The first-order valence-electron chi connectivity index (χ1n) is 4.99. The van der Waals surface area contributed by atoms with Crippen LogP contribution in [-0.2, 0) is 0 Å². The van der Waals surface area contributed by atoms with Crippen LogP contribution in [0.3, 0.4) is 0 Å². The van der Waals surface area contributed by atoms with Crippen molar-refractivity contribution in [3.05, 3.63) is 23.0 Å². The van der Waals surface area contributed by atoms with E-state index in [2.05, 4.69) is 15.3 Å². The van der Waals surface area contributed by atoms with Gasteiger partial charge in [-0.3, -0.25) is 0 Å². The Morgan fingerprint density at radius 3 is 2.62 bits per heavy atom. The highest BCUT2D eigenvalue weighted by Crippen LogP contribution is 2.20. The maximum absolute atomic E-state index is 8.72. The SMILES string of the molecule is CC1=N[N+](C)=CC1c1nnc(C#N)cc1C. The predicted molar refractivity (Wildman–Crippen MR) is 59.6 cm³/mol. The molecular formula is C11H12N5+. The van der Waals surface area contributed by atoms with Crippen LogP contribution in [0.4, 0.5) is 0 Å². The fraction of sp³-hybridized carbons (Fsp3) is 0.364. The summed E-state index contributed by atoms with van der Waals surface area (Å²) >= 11 is 0. The molecule has 1 aliphatic heterocycles. The number of aromatic nitrogens is 2. The first-order valence-corrected chi connectivity index (χ1v) is 4.99. The number of nitrogens with zero attached hydrogens (tertiary/aromatic N) is 5. The highest BCUT2D eigenvalue weighted by atomic mass is 15.4. The molecule has 5 heteroatoms. The molecule has 5 nitrogen and oxygen atoms in total. The molecule has 80 valence electrons. The van der Waals surface area contributed by atoms with Gasteiger partial charge in [-0.05, 0) is 30.6 Å². The molecular weight excluding hydrogens is 202 g/mol. The van der Waals surface area contributed by atoms with Gasteiger partial charge in [0.2, 0.25) is 0 Å². The van der Waals surface area contributed by atoms with Crippen molar-refractivity contribution in [2.75, 3.05) is 7.05 Å². The van der Waals surface area contributed by atoms with Gasteiger partial charge in [-0.2, -0.15) is 10.4 Å². The van der Waals surface area contributed by atoms with Crippen LogP contribution >= 0.6 is 0 Å². The van der Waals surface area contributed by atoms with Gasteiger partial charge in [-0.15, -0.1) is 5.10 Å². The molecule has 0 aromatic carbocycles. The fourth-order valence-electron chi connectivity index (χ4n) is 1.79. The molecule has 1 unspecified atom stereocenters.